The van der Waals surface area contributed by atoms with E-state index < -0.39 is 0 Å². The van der Waals surface area contributed by atoms with E-state index >= 15 is 0 Å². The lowest BCUT2D eigenvalue weighted by Gasteiger charge is -2.20. The molecule has 8 heteroatoms. The largest absolute Gasteiger partial charge is 0.312 e. The van der Waals surface area contributed by atoms with Crippen LogP contribution in [0.25, 0.3) is 11.0 Å². The SMILES string of the molecule is O=C(Nc1n[nH]c2[nH]c(=O)ccc12)c1ccc(F)c2c1CCNC2. The summed E-state index contributed by atoms with van der Waals surface area (Å²) in [6.07, 6.45) is 0.588. The number of halogens is 1. The summed E-state index contributed by atoms with van der Waals surface area (Å²) >= 11 is 0. The second-order valence-electron chi connectivity index (χ2n) is 5.62. The third kappa shape index (κ3) is 2.37. The number of rotatable bonds is 2. The Bertz CT molecular complexity index is 1010. The number of aromatic amines is 2. The van der Waals surface area contributed by atoms with Crippen molar-refractivity contribution in [3.05, 3.63) is 57.1 Å². The van der Waals surface area contributed by atoms with Crippen molar-refractivity contribution in [2.45, 2.75) is 13.0 Å². The molecular weight excluding hydrogens is 313 g/mol. The average molecular weight is 327 g/mol. The molecule has 0 unspecified atom stereocenters. The van der Waals surface area contributed by atoms with Gasteiger partial charge in [-0.15, -0.1) is 0 Å². The van der Waals surface area contributed by atoms with Gasteiger partial charge in [-0.25, -0.2) is 4.39 Å². The van der Waals surface area contributed by atoms with Crippen LogP contribution in [-0.2, 0) is 13.0 Å². The molecule has 0 atom stereocenters. The number of pyridine rings is 1. The van der Waals surface area contributed by atoms with E-state index in [2.05, 4.69) is 25.8 Å². The number of anilines is 1. The Morgan fingerprint density at radius 3 is 2.96 bits per heavy atom. The number of nitrogens with one attached hydrogen (secondary N) is 4. The Hall–Kier alpha value is -3.00. The molecule has 24 heavy (non-hydrogen) atoms. The van der Waals surface area contributed by atoms with Gasteiger partial charge >= 0.3 is 0 Å². The monoisotopic (exact) mass is 327 g/mol. The van der Waals surface area contributed by atoms with Gasteiger partial charge in [-0.1, -0.05) is 0 Å². The predicted octanol–water partition coefficient (Wildman–Crippen LogP) is 1.29. The summed E-state index contributed by atoms with van der Waals surface area (Å²) in [6.45, 7) is 1.11. The minimum absolute atomic E-state index is 0.260. The first-order valence-electron chi connectivity index (χ1n) is 7.53. The number of benzene rings is 1. The zero-order chi connectivity index (χ0) is 16.7. The van der Waals surface area contributed by atoms with Crippen LogP contribution in [0.5, 0.6) is 0 Å². The van der Waals surface area contributed by atoms with Crippen molar-refractivity contribution in [3.8, 4) is 0 Å². The first kappa shape index (κ1) is 14.6. The van der Waals surface area contributed by atoms with Crippen LogP contribution in [-0.4, -0.2) is 27.6 Å². The van der Waals surface area contributed by atoms with E-state index in [0.29, 0.717) is 47.5 Å². The van der Waals surface area contributed by atoms with Crippen molar-refractivity contribution in [1.29, 1.82) is 0 Å². The van der Waals surface area contributed by atoms with Gasteiger partial charge < -0.3 is 15.6 Å². The minimum Gasteiger partial charge on any atom is -0.312 e. The van der Waals surface area contributed by atoms with Gasteiger partial charge in [0.2, 0.25) is 5.56 Å². The lowest BCUT2D eigenvalue weighted by atomic mass is 9.94. The molecule has 122 valence electrons. The van der Waals surface area contributed by atoms with Gasteiger partial charge in [0, 0.05) is 23.7 Å². The molecule has 0 fully saturated rings. The van der Waals surface area contributed by atoms with E-state index in [0.717, 1.165) is 5.56 Å². The maximum absolute atomic E-state index is 13.9. The van der Waals surface area contributed by atoms with E-state index in [4.69, 9.17) is 0 Å². The zero-order valence-electron chi connectivity index (χ0n) is 12.6. The van der Waals surface area contributed by atoms with Crippen molar-refractivity contribution in [2.75, 3.05) is 11.9 Å². The van der Waals surface area contributed by atoms with Crippen LogP contribution in [0.1, 0.15) is 21.5 Å². The standard InChI is InChI=1S/C16H14FN5O2/c17-12-3-1-9(8-5-6-18-7-11(8)12)16(24)20-15-10-2-4-13(23)19-14(10)21-22-15/h1-4,18H,5-7H2,(H3,19,20,21,22,23,24). The molecule has 3 aromatic rings. The first-order chi connectivity index (χ1) is 11.6. The third-order valence-electron chi connectivity index (χ3n) is 4.16. The molecule has 0 spiro atoms. The molecule has 1 aliphatic heterocycles. The van der Waals surface area contributed by atoms with E-state index in [9.17, 15) is 14.0 Å². The molecular formula is C16H14FN5O2. The van der Waals surface area contributed by atoms with E-state index in [1.165, 1.54) is 18.2 Å². The second kappa shape index (κ2) is 5.57. The van der Waals surface area contributed by atoms with Gasteiger partial charge in [-0.3, -0.25) is 14.7 Å². The molecule has 7 nitrogen and oxygen atoms in total. The number of aromatic nitrogens is 3. The van der Waals surface area contributed by atoms with Gasteiger partial charge in [-0.05, 0) is 36.7 Å². The molecule has 0 bridgehead atoms. The summed E-state index contributed by atoms with van der Waals surface area (Å²) in [5.41, 5.74) is 1.87. The third-order valence-corrected chi connectivity index (χ3v) is 4.16. The highest BCUT2D eigenvalue weighted by Gasteiger charge is 2.21. The van der Waals surface area contributed by atoms with E-state index in [1.807, 2.05) is 0 Å². The summed E-state index contributed by atoms with van der Waals surface area (Å²) in [7, 11) is 0. The molecule has 4 N–H and O–H groups in total. The highest BCUT2D eigenvalue weighted by atomic mass is 19.1. The smallest absolute Gasteiger partial charge is 0.257 e. The van der Waals surface area contributed by atoms with Gasteiger partial charge in [0.15, 0.2) is 5.82 Å². The van der Waals surface area contributed by atoms with Gasteiger partial charge in [-0.2, -0.15) is 5.10 Å². The number of hydrogen-bond acceptors (Lipinski definition) is 4. The predicted molar refractivity (Wildman–Crippen MR) is 86.5 cm³/mol. The average Bonchev–Trinajstić information content (AvgIpc) is 2.97. The molecule has 1 aliphatic rings. The first-order valence-corrected chi connectivity index (χ1v) is 7.53. The number of H-pyrrole nitrogens is 2. The van der Waals surface area contributed by atoms with Crippen molar-refractivity contribution in [2.24, 2.45) is 0 Å². The lowest BCUT2D eigenvalue weighted by molar-refractivity contribution is 0.102. The number of amides is 1. The molecule has 2 aromatic heterocycles. The summed E-state index contributed by atoms with van der Waals surface area (Å²) < 4.78 is 13.9. The Balaban J connectivity index is 1.70. The highest BCUT2D eigenvalue weighted by Crippen LogP contribution is 2.24. The van der Waals surface area contributed by atoms with Crippen LogP contribution in [0.15, 0.2) is 29.1 Å². The molecule has 0 aliphatic carbocycles. The summed E-state index contributed by atoms with van der Waals surface area (Å²) in [5, 5.41) is 13.1. The molecule has 3 heterocycles. The highest BCUT2D eigenvalue weighted by molar-refractivity contribution is 6.08. The molecule has 0 radical (unpaired) electrons. The fourth-order valence-electron chi connectivity index (χ4n) is 2.98. The van der Waals surface area contributed by atoms with Gasteiger partial charge in [0.25, 0.3) is 5.91 Å². The van der Waals surface area contributed by atoms with E-state index in [-0.39, 0.29) is 17.3 Å². The Morgan fingerprint density at radius 1 is 1.21 bits per heavy atom. The van der Waals surface area contributed by atoms with Crippen LogP contribution >= 0.6 is 0 Å². The van der Waals surface area contributed by atoms with Crippen LogP contribution in [0.2, 0.25) is 0 Å². The number of fused-ring (bicyclic) bond motifs is 2. The topological polar surface area (TPSA) is 103 Å². The van der Waals surface area contributed by atoms with Crippen molar-refractivity contribution < 1.29 is 9.18 Å². The van der Waals surface area contributed by atoms with Crippen LogP contribution in [0.4, 0.5) is 10.2 Å². The summed E-state index contributed by atoms with van der Waals surface area (Å²) in [5.74, 6) is -0.345. The molecule has 1 aromatic carbocycles. The molecule has 0 saturated carbocycles. The number of carbonyl (C=O) groups is 1. The lowest BCUT2D eigenvalue weighted by Crippen LogP contribution is -2.27. The maximum atomic E-state index is 13.9. The quantitative estimate of drug-likeness (QED) is 0.569. The Kier molecular flexibility index (Phi) is 3.39. The summed E-state index contributed by atoms with van der Waals surface area (Å²) in [4.78, 5) is 26.5. The van der Waals surface area contributed by atoms with Gasteiger partial charge in [0.05, 0.1) is 5.39 Å². The normalized spacial score (nSPS) is 13.7. The molecule has 0 saturated heterocycles. The zero-order valence-corrected chi connectivity index (χ0v) is 12.6. The summed E-state index contributed by atoms with van der Waals surface area (Å²) in [6, 6.07) is 5.74. The van der Waals surface area contributed by atoms with Crippen molar-refractivity contribution >= 4 is 22.8 Å². The molecule has 1 amide bonds. The second-order valence-corrected chi connectivity index (χ2v) is 5.62. The van der Waals surface area contributed by atoms with Crippen LogP contribution in [0.3, 0.4) is 0 Å². The Labute approximate surface area is 135 Å². The fraction of sp³-hybridized carbons (Fsp3) is 0.188. The van der Waals surface area contributed by atoms with Gasteiger partial charge in [0.1, 0.15) is 11.5 Å². The minimum atomic E-state index is -0.354. The van der Waals surface area contributed by atoms with Crippen LogP contribution < -0.4 is 16.2 Å². The fourth-order valence-corrected chi connectivity index (χ4v) is 2.98. The maximum Gasteiger partial charge on any atom is 0.257 e. The Morgan fingerprint density at radius 2 is 2.08 bits per heavy atom. The number of carbonyl (C=O) groups excluding carboxylic acids is 1. The van der Waals surface area contributed by atoms with Crippen molar-refractivity contribution in [1.82, 2.24) is 20.5 Å². The number of hydrogen-bond donors (Lipinski definition) is 4. The van der Waals surface area contributed by atoms with Crippen LogP contribution in [0, 0.1) is 5.82 Å². The number of nitrogens with zero attached hydrogens (tertiary/aromatic N) is 1. The van der Waals surface area contributed by atoms with E-state index in [1.54, 1.807) is 6.07 Å². The van der Waals surface area contributed by atoms with Crippen molar-refractivity contribution in [3.63, 3.8) is 0 Å². The molecule has 4 rings (SSSR count).